The highest BCUT2D eigenvalue weighted by atomic mass is 32.2. The number of H-pyrrole nitrogens is 1. The minimum atomic E-state index is -4.06. The fraction of sp³-hybridized carbons (Fsp3) is 0.292. The van der Waals surface area contributed by atoms with Crippen LogP contribution in [0.1, 0.15) is 26.3 Å². The van der Waals surface area contributed by atoms with Crippen LogP contribution in [0, 0.1) is 0 Å². The van der Waals surface area contributed by atoms with Crippen molar-refractivity contribution in [2.24, 2.45) is 0 Å². The molecule has 0 unspecified atom stereocenters. The van der Waals surface area contributed by atoms with E-state index in [1.807, 2.05) is 20.8 Å². The molecule has 0 saturated heterocycles. The standard InChI is InChI=1S/C24H27N3O6S2/c1-24(2,3)15-6-9-17(10-7-15)35(30,31)20-13-25-23(27-22(20)29)34-14-21(28)26-18-12-16(32-4)8-11-19(18)33-5/h6-13H,14H2,1-5H3,(H,26,28)(H,25,27,29). The maximum atomic E-state index is 13.0. The average Bonchev–Trinajstić information content (AvgIpc) is 2.82. The van der Waals surface area contributed by atoms with E-state index in [0.29, 0.717) is 17.2 Å². The van der Waals surface area contributed by atoms with Crippen molar-refractivity contribution in [2.45, 2.75) is 41.1 Å². The van der Waals surface area contributed by atoms with Gasteiger partial charge in [0.25, 0.3) is 5.56 Å². The van der Waals surface area contributed by atoms with Gasteiger partial charge in [0, 0.05) is 6.07 Å². The smallest absolute Gasteiger partial charge is 0.270 e. The molecule has 1 aromatic heterocycles. The molecule has 0 fully saturated rings. The number of amides is 1. The summed E-state index contributed by atoms with van der Waals surface area (Å²) in [5.74, 6) is 0.550. The molecule has 9 nitrogen and oxygen atoms in total. The lowest BCUT2D eigenvalue weighted by atomic mass is 9.87. The summed E-state index contributed by atoms with van der Waals surface area (Å²) in [6.07, 6.45) is 1.01. The molecular weight excluding hydrogens is 490 g/mol. The van der Waals surface area contributed by atoms with Crippen LogP contribution < -0.4 is 20.3 Å². The zero-order valence-electron chi connectivity index (χ0n) is 20.0. The predicted octanol–water partition coefficient (Wildman–Crippen LogP) is 3.65. The number of nitrogens with zero attached hydrogens (tertiary/aromatic N) is 1. The zero-order valence-corrected chi connectivity index (χ0v) is 21.7. The third kappa shape index (κ3) is 6.23. The number of carbonyl (C=O) groups is 1. The molecule has 0 atom stereocenters. The first kappa shape index (κ1) is 26.3. The summed E-state index contributed by atoms with van der Waals surface area (Å²) in [5.41, 5.74) is 0.458. The number of aromatic nitrogens is 2. The highest BCUT2D eigenvalue weighted by Gasteiger charge is 2.23. The normalized spacial score (nSPS) is 11.7. The summed E-state index contributed by atoms with van der Waals surface area (Å²) in [4.78, 5) is 31.0. The molecule has 0 saturated carbocycles. The first-order valence-corrected chi connectivity index (χ1v) is 13.0. The summed E-state index contributed by atoms with van der Waals surface area (Å²) in [6, 6.07) is 11.4. The first-order valence-electron chi connectivity index (χ1n) is 10.6. The van der Waals surface area contributed by atoms with Gasteiger partial charge in [-0.25, -0.2) is 13.4 Å². The third-order valence-corrected chi connectivity index (χ3v) is 7.73. The molecule has 1 heterocycles. The predicted molar refractivity (Wildman–Crippen MR) is 134 cm³/mol. The van der Waals surface area contributed by atoms with E-state index in [2.05, 4.69) is 15.3 Å². The number of hydrogen-bond donors (Lipinski definition) is 2. The molecule has 2 N–H and O–H groups in total. The fourth-order valence-electron chi connectivity index (χ4n) is 3.12. The molecule has 0 bridgehead atoms. The van der Waals surface area contributed by atoms with Crippen molar-refractivity contribution < 1.29 is 22.7 Å². The number of rotatable bonds is 8. The minimum absolute atomic E-state index is 0.00446. The molecule has 3 aromatic rings. The van der Waals surface area contributed by atoms with E-state index < -0.39 is 20.3 Å². The Hall–Kier alpha value is -3.31. The highest BCUT2D eigenvalue weighted by Crippen LogP contribution is 2.29. The first-order chi connectivity index (χ1) is 16.5. The fourth-order valence-corrected chi connectivity index (χ4v) is 4.99. The maximum Gasteiger partial charge on any atom is 0.270 e. The zero-order chi connectivity index (χ0) is 25.8. The van der Waals surface area contributed by atoms with Crippen molar-refractivity contribution >= 4 is 33.2 Å². The Morgan fingerprint density at radius 2 is 1.77 bits per heavy atom. The third-order valence-electron chi connectivity index (χ3n) is 5.08. The molecule has 0 radical (unpaired) electrons. The Balaban J connectivity index is 1.72. The van der Waals surface area contributed by atoms with Crippen LogP contribution in [0.4, 0.5) is 5.69 Å². The SMILES string of the molecule is COc1ccc(OC)c(NC(=O)CSc2ncc(S(=O)(=O)c3ccc(C(C)(C)C)cc3)c(=O)[nH]2)c1. The number of anilines is 1. The van der Waals surface area contributed by atoms with E-state index in [-0.39, 0.29) is 27.1 Å². The van der Waals surface area contributed by atoms with Crippen LogP contribution >= 0.6 is 11.8 Å². The molecular formula is C24H27N3O6S2. The number of methoxy groups -OCH3 is 2. The van der Waals surface area contributed by atoms with Crippen LogP contribution in [0.3, 0.4) is 0 Å². The van der Waals surface area contributed by atoms with E-state index in [1.54, 1.807) is 30.3 Å². The maximum absolute atomic E-state index is 13.0. The molecule has 3 rings (SSSR count). The second-order valence-corrected chi connectivity index (χ2v) is 11.4. The Labute approximate surface area is 208 Å². The largest absolute Gasteiger partial charge is 0.497 e. The Morgan fingerprint density at radius 3 is 2.34 bits per heavy atom. The lowest BCUT2D eigenvalue weighted by molar-refractivity contribution is -0.113. The van der Waals surface area contributed by atoms with E-state index >= 15 is 0 Å². The van der Waals surface area contributed by atoms with E-state index in [4.69, 9.17) is 9.47 Å². The summed E-state index contributed by atoms with van der Waals surface area (Å²) in [7, 11) is -1.06. The van der Waals surface area contributed by atoms with Crippen molar-refractivity contribution in [1.82, 2.24) is 9.97 Å². The summed E-state index contributed by atoms with van der Waals surface area (Å²) in [6.45, 7) is 6.07. The molecule has 2 aromatic carbocycles. The Morgan fingerprint density at radius 1 is 1.09 bits per heavy atom. The number of nitrogens with one attached hydrogen (secondary N) is 2. The molecule has 1 amide bonds. The van der Waals surface area contributed by atoms with Gasteiger partial charge in [0.05, 0.1) is 36.8 Å². The van der Waals surface area contributed by atoms with Crippen molar-refractivity contribution in [3.63, 3.8) is 0 Å². The Bertz CT molecular complexity index is 1380. The van der Waals surface area contributed by atoms with Gasteiger partial charge >= 0.3 is 0 Å². The van der Waals surface area contributed by atoms with E-state index in [1.165, 1.54) is 26.4 Å². The van der Waals surface area contributed by atoms with Gasteiger partial charge in [-0.05, 0) is 35.2 Å². The van der Waals surface area contributed by atoms with Gasteiger partial charge in [0.2, 0.25) is 15.7 Å². The van der Waals surface area contributed by atoms with Crippen LogP contribution in [0.25, 0.3) is 0 Å². The van der Waals surface area contributed by atoms with Gasteiger partial charge < -0.3 is 19.8 Å². The quantitative estimate of drug-likeness (QED) is 0.342. The molecule has 35 heavy (non-hydrogen) atoms. The van der Waals surface area contributed by atoms with Gasteiger partial charge in [0.1, 0.15) is 11.5 Å². The number of aromatic amines is 1. The summed E-state index contributed by atoms with van der Waals surface area (Å²) < 4.78 is 36.3. The van der Waals surface area contributed by atoms with Gasteiger partial charge in [-0.3, -0.25) is 9.59 Å². The molecule has 0 aliphatic heterocycles. The van der Waals surface area contributed by atoms with Gasteiger partial charge in [-0.1, -0.05) is 44.7 Å². The van der Waals surface area contributed by atoms with Crippen molar-refractivity contribution in [3.8, 4) is 11.5 Å². The number of thioether (sulfide) groups is 1. The van der Waals surface area contributed by atoms with E-state index in [0.717, 1.165) is 23.5 Å². The molecule has 0 aliphatic rings. The number of sulfone groups is 1. The topological polar surface area (TPSA) is 127 Å². The van der Waals surface area contributed by atoms with E-state index in [9.17, 15) is 18.0 Å². The van der Waals surface area contributed by atoms with Crippen molar-refractivity contribution in [3.05, 3.63) is 64.6 Å². The lowest BCUT2D eigenvalue weighted by Crippen LogP contribution is -2.20. The monoisotopic (exact) mass is 517 g/mol. The van der Waals surface area contributed by atoms with Crippen LogP contribution in [0.5, 0.6) is 11.5 Å². The second kappa shape index (κ2) is 10.5. The summed E-state index contributed by atoms with van der Waals surface area (Å²) >= 11 is 0.960. The van der Waals surface area contributed by atoms with Crippen LogP contribution in [0.2, 0.25) is 0 Å². The van der Waals surface area contributed by atoms with Gasteiger partial charge in [0.15, 0.2) is 10.1 Å². The van der Waals surface area contributed by atoms with Crippen molar-refractivity contribution in [1.29, 1.82) is 0 Å². The molecule has 0 spiro atoms. The van der Waals surface area contributed by atoms with Gasteiger partial charge in [-0.2, -0.15) is 0 Å². The number of hydrogen-bond acceptors (Lipinski definition) is 8. The van der Waals surface area contributed by atoms with Crippen molar-refractivity contribution in [2.75, 3.05) is 25.3 Å². The minimum Gasteiger partial charge on any atom is -0.497 e. The lowest BCUT2D eigenvalue weighted by Gasteiger charge is -2.19. The van der Waals surface area contributed by atoms with Crippen LogP contribution in [-0.4, -0.2) is 44.3 Å². The van der Waals surface area contributed by atoms with Crippen LogP contribution in [0.15, 0.2) is 68.4 Å². The molecule has 0 aliphatic carbocycles. The van der Waals surface area contributed by atoms with Gasteiger partial charge in [-0.15, -0.1) is 0 Å². The number of carbonyl (C=O) groups excluding carboxylic acids is 1. The molecule has 11 heteroatoms. The average molecular weight is 518 g/mol. The number of benzene rings is 2. The highest BCUT2D eigenvalue weighted by molar-refractivity contribution is 7.99. The molecule has 186 valence electrons. The second-order valence-electron chi connectivity index (χ2n) is 8.56. The summed E-state index contributed by atoms with van der Waals surface area (Å²) in [5, 5.41) is 2.83. The van der Waals surface area contributed by atoms with Crippen LogP contribution in [-0.2, 0) is 20.0 Å². The Kier molecular flexibility index (Phi) is 7.91. The number of ether oxygens (including phenoxy) is 2.